The van der Waals surface area contributed by atoms with Gasteiger partial charge in [0.25, 0.3) is 0 Å². The first-order valence-electron chi connectivity index (χ1n) is 3.32. The SMILES string of the molecule is CC(=O)OCC(O)OC(O)CO. The molecule has 0 aromatic rings. The van der Waals surface area contributed by atoms with Gasteiger partial charge < -0.3 is 24.8 Å². The van der Waals surface area contributed by atoms with Crippen LogP contribution < -0.4 is 0 Å². The smallest absolute Gasteiger partial charge is 0.302 e. The normalized spacial score (nSPS) is 15.3. The van der Waals surface area contributed by atoms with Gasteiger partial charge in [0.1, 0.15) is 6.61 Å². The number of hydrogen-bond donors (Lipinski definition) is 3. The van der Waals surface area contributed by atoms with Gasteiger partial charge in [-0.1, -0.05) is 0 Å². The van der Waals surface area contributed by atoms with Crippen molar-refractivity contribution in [2.45, 2.75) is 19.5 Å². The van der Waals surface area contributed by atoms with Crippen LogP contribution in [0.5, 0.6) is 0 Å². The maximum atomic E-state index is 10.2. The summed E-state index contributed by atoms with van der Waals surface area (Å²) < 4.78 is 8.68. The van der Waals surface area contributed by atoms with E-state index in [0.29, 0.717) is 0 Å². The second kappa shape index (κ2) is 5.90. The summed E-state index contributed by atoms with van der Waals surface area (Å²) in [5, 5.41) is 25.7. The molecule has 0 bridgehead atoms. The number of carbonyl (C=O) groups is 1. The lowest BCUT2D eigenvalue weighted by molar-refractivity contribution is -0.233. The molecule has 2 unspecified atom stereocenters. The lowest BCUT2D eigenvalue weighted by atomic mass is 10.6. The van der Waals surface area contributed by atoms with E-state index in [1.807, 2.05) is 0 Å². The molecular weight excluding hydrogens is 168 g/mol. The lowest BCUT2D eigenvalue weighted by Gasteiger charge is -2.14. The summed E-state index contributed by atoms with van der Waals surface area (Å²) >= 11 is 0. The minimum atomic E-state index is -1.46. The van der Waals surface area contributed by atoms with E-state index in [9.17, 15) is 4.79 Å². The third kappa shape index (κ3) is 6.05. The fraction of sp³-hybridized carbons (Fsp3) is 0.833. The Kier molecular flexibility index (Phi) is 5.56. The van der Waals surface area contributed by atoms with Crippen LogP contribution in [-0.4, -0.2) is 47.1 Å². The van der Waals surface area contributed by atoms with E-state index >= 15 is 0 Å². The van der Waals surface area contributed by atoms with Crippen molar-refractivity contribution in [3.05, 3.63) is 0 Å². The van der Waals surface area contributed by atoms with E-state index in [0.717, 1.165) is 0 Å². The molecule has 0 aliphatic rings. The second-order valence-corrected chi connectivity index (χ2v) is 2.03. The molecule has 0 fully saturated rings. The molecule has 2 atom stereocenters. The Morgan fingerprint density at radius 3 is 2.42 bits per heavy atom. The van der Waals surface area contributed by atoms with Crippen LogP contribution in [0.2, 0.25) is 0 Å². The minimum Gasteiger partial charge on any atom is -0.460 e. The molecule has 0 aliphatic heterocycles. The maximum absolute atomic E-state index is 10.2. The molecule has 0 radical (unpaired) electrons. The van der Waals surface area contributed by atoms with E-state index in [2.05, 4.69) is 9.47 Å². The van der Waals surface area contributed by atoms with Crippen LogP contribution in [-0.2, 0) is 14.3 Å². The predicted octanol–water partition coefficient (Wildman–Crippen LogP) is -1.80. The van der Waals surface area contributed by atoms with Crippen LogP contribution >= 0.6 is 0 Å². The van der Waals surface area contributed by atoms with Crippen LogP contribution in [0, 0.1) is 0 Å². The predicted molar refractivity (Wildman–Crippen MR) is 36.8 cm³/mol. The summed E-state index contributed by atoms with van der Waals surface area (Å²) in [6, 6.07) is 0. The highest BCUT2D eigenvalue weighted by molar-refractivity contribution is 5.65. The third-order valence-corrected chi connectivity index (χ3v) is 0.900. The highest BCUT2D eigenvalue weighted by Crippen LogP contribution is 1.93. The number of ether oxygens (including phenoxy) is 2. The van der Waals surface area contributed by atoms with Crippen LogP contribution in [0.1, 0.15) is 6.92 Å². The lowest BCUT2D eigenvalue weighted by Crippen LogP contribution is -2.28. The first kappa shape index (κ1) is 11.3. The zero-order chi connectivity index (χ0) is 9.56. The van der Waals surface area contributed by atoms with Crippen molar-refractivity contribution >= 4 is 5.97 Å². The van der Waals surface area contributed by atoms with Gasteiger partial charge in [0.05, 0.1) is 6.61 Å². The number of aliphatic hydroxyl groups is 3. The summed E-state index contributed by atoms with van der Waals surface area (Å²) in [6.45, 7) is 0.179. The van der Waals surface area contributed by atoms with Gasteiger partial charge in [0.15, 0.2) is 12.6 Å². The number of hydrogen-bond acceptors (Lipinski definition) is 6. The summed E-state index contributed by atoms with van der Waals surface area (Å²) in [6.07, 6.45) is -2.88. The standard InChI is InChI=1S/C6H12O6/c1-4(8)11-3-6(10)12-5(9)2-7/h5-7,9-10H,2-3H2,1H3. The van der Waals surface area contributed by atoms with Gasteiger partial charge in [0.2, 0.25) is 0 Å². The van der Waals surface area contributed by atoms with E-state index in [4.69, 9.17) is 15.3 Å². The molecule has 0 amide bonds. The Morgan fingerprint density at radius 2 is 2.00 bits per heavy atom. The van der Waals surface area contributed by atoms with E-state index in [1.54, 1.807) is 0 Å². The largest absolute Gasteiger partial charge is 0.460 e. The van der Waals surface area contributed by atoms with Gasteiger partial charge in [-0.3, -0.25) is 4.79 Å². The summed E-state index contributed by atoms with van der Waals surface area (Å²) in [4.78, 5) is 10.2. The molecule has 0 saturated heterocycles. The Morgan fingerprint density at radius 1 is 1.42 bits per heavy atom. The van der Waals surface area contributed by atoms with Crippen molar-refractivity contribution in [2.24, 2.45) is 0 Å². The summed E-state index contributed by atoms with van der Waals surface area (Å²) in [7, 11) is 0. The Bertz CT molecular complexity index is 136. The van der Waals surface area contributed by atoms with Gasteiger partial charge in [-0.15, -0.1) is 0 Å². The van der Waals surface area contributed by atoms with E-state index < -0.39 is 25.2 Å². The molecule has 6 nitrogen and oxygen atoms in total. The van der Waals surface area contributed by atoms with Gasteiger partial charge in [-0.25, -0.2) is 0 Å². The zero-order valence-corrected chi connectivity index (χ0v) is 6.64. The van der Waals surface area contributed by atoms with E-state index in [1.165, 1.54) is 6.92 Å². The van der Waals surface area contributed by atoms with Gasteiger partial charge in [0, 0.05) is 6.92 Å². The highest BCUT2D eigenvalue weighted by Gasteiger charge is 2.11. The van der Waals surface area contributed by atoms with Gasteiger partial charge in [-0.05, 0) is 0 Å². The molecule has 12 heavy (non-hydrogen) atoms. The van der Waals surface area contributed by atoms with E-state index in [-0.39, 0.29) is 6.61 Å². The van der Waals surface area contributed by atoms with Crippen molar-refractivity contribution in [3.63, 3.8) is 0 Å². The number of carbonyl (C=O) groups excluding carboxylic acids is 1. The maximum Gasteiger partial charge on any atom is 0.302 e. The van der Waals surface area contributed by atoms with Crippen molar-refractivity contribution < 1.29 is 29.6 Å². The monoisotopic (exact) mass is 180 g/mol. The molecular formula is C6H12O6. The molecule has 0 spiro atoms. The van der Waals surface area contributed by atoms with Crippen LogP contribution in [0.3, 0.4) is 0 Å². The average Bonchev–Trinajstić information content (AvgIpc) is 2.00. The summed E-state index contributed by atoms with van der Waals surface area (Å²) in [5.74, 6) is -0.559. The molecule has 0 saturated carbocycles. The van der Waals surface area contributed by atoms with Crippen LogP contribution in [0.4, 0.5) is 0 Å². The quantitative estimate of drug-likeness (QED) is 0.341. The van der Waals surface area contributed by atoms with Crippen LogP contribution in [0.25, 0.3) is 0 Å². The molecule has 0 aromatic carbocycles. The number of rotatable bonds is 5. The van der Waals surface area contributed by atoms with Gasteiger partial charge >= 0.3 is 5.97 Å². The Labute approximate surface area is 69.3 Å². The molecule has 3 N–H and O–H groups in total. The van der Waals surface area contributed by atoms with Crippen molar-refractivity contribution in [1.29, 1.82) is 0 Å². The third-order valence-electron chi connectivity index (χ3n) is 0.900. The highest BCUT2D eigenvalue weighted by atomic mass is 16.7. The molecule has 0 aromatic heterocycles. The van der Waals surface area contributed by atoms with Crippen molar-refractivity contribution in [3.8, 4) is 0 Å². The first-order valence-corrected chi connectivity index (χ1v) is 3.32. The first-order chi connectivity index (χ1) is 5.56. The average molecular weight is 180 g/mol. The van der Waals surface area contributed by atoms with Crippen molar-refractivity contribution in [2.75, 3.05) is 13.2 Å². The van der Waals surface area contributed by atoms with Crippen LogP contribution in [0.15, 0.2) is 0 Å². The molecule has 0 heterocycles. The fourth-order valence-electron chi connectivity index (χ4n) is 0.452. The zero-order valence-electron chi connectivity index (χ0n) is 6.64. The van der Waals surface area contributed by atoms with Gasteiger partial charge in [-0.2, -0.15) is 0 Å². The topological polar surface area (TPSA) is 96.2 Å². The molecule has 72 valence electrons. The second-order valence-electron chi connectivity index (χ2n) is 2.03. The minimum absolute atomic E-state index is 0.369. The summed E-state index contributed by atoms with van der Waals surface area (Å²) in [5.41, 5.74) is 0. The fourth-order valence-corrected chi connectivity index (χ4v) is 0.452. The molecule has 0 aliphatic carbocycles. The molecule has 0 rings (SSSR count). The Hall–Kier alpha value is -0.690. The number of aliphatic hydroxyl groups excluding tert-OH is 3. The number of esters is 1. The Balaban J connectivity index is 3.45. The molecule has 6 heteroatoms. The van der Waals surface area contributed by atoms with Crippen molar-refractivity contribution in [1.82, 2.24) is 0 Å².